The molecule has 0 fully saturated rings. The number of rotatable bonds is 7. The molecule has 0 amide bonds. The molecule has 5 nitrogen and oxygen atoms in total. The maximum Gasteiger partial charge on any atom is 0.303 e. The van der Waals surface area contributed by atoms with Gasteiger partial charge < -0.3 is 20.3 Å². The van der Waals surface area contributed by atoms with Gasteiger partial charge in [-0.3, -0.25) is 4.79 Å². The van der Waals surface area contributed by atoms with E-state index >= 15 is 0 Å². The average Bonchev–Trinajstić information content (AvgIpc) is 2.11. The quantitative estimate of drug-likeness (QED) is 0.498. The number of hydrogen-bond acceptors (Lipinski definition) is 4. The van der Waals surface area contributed by atoms with E-state index in [1.54, 1.807) is 0 Å². The van der Waals surface area contributed by atoms with Crippen LogP contribution in [-0.2, 0) is 9.59 Å². The lowest BCUT2D eigenvalue weighted by atomic mass is 9.95. The van der Waals surface area contributed by atoms with E-state index in [1.165, 1.54) is 0 Å². The molecule has 1 atom stereocenters. The van der Waals surface area contributed by atoms with Crippen LogP contribution in [0, 0.1) is 0 Å². The number of hydrogen-bond donors (Lipinski definition) is 3. The van der Waals surface area contributed by atoms with E-state index in [4.69, 9.17) is 10.2 Å². The van der Waals surface area contributed by atoms with E-state index < -0.39 is 11.5 Å². The van der Waals surface area contributed by atoms with E-state index in [0.29, 0.717) is 6.29 Å². The molecule has 0 aliphatic rings. The second kappa shape index (κ2) is 5.72. The van der Waals surface area contributed by atoms with Gasteiger partial charge in [0.05, 0.1) is 12.1 Å². The summed E-state index contributed by atoms with van der Waals surface area (Å²) in [6.45, 7) is 3.27. The Kier molecular flexibility index (Phi) is 5.34. The molecule has 0 spiro atoms. The van der Waals surface area contributed by atoms with Crippen LogP contribution in [0.2, 0.25) is 0 Å². The fourth-order valence-electron chi connectivity index (χ4n) is 1.23. The van der Waals surface area contributed by atoms with Crippen LogP contribution < -0.4 is 5.32 Å². The number of aldehydes is 1. The lowest BCUT2D eigenvalue weighted by Gasteiger charge is -2.28. The van der Waals surface area contributed by atoms with Crippen LogP contribution in [0.4, 0.5) is 0 Å². The average molecular weight is 203 g/mol. The molecule has 0 aliphatic heterocycles. The van der Waals surface area contributed by atoms with Crippen LogP contribution in [-0.4, -0.2) is 40.7 Å². The fraction of sp³-hybridized carbons (Fsp3) is 0.778. The summed E-state index contributed by atoms with van der Waals surface area (Å²) >= 11 is 0. The number of aliphatic carboxylic acids is 1. The SMILES string of the molecule is CC(C)NC(C=O)(CO)CCC(=O)O. The van der Waals surface area contributed by atoms with Crippen molar-refractivity contribution < 1.29 is 19.8 Å². The van der Waals surface area contributed by atoms with Gasteiger partial charge in [0.15, 0.2) is 0 Å². The Morgan fingerprint density at radius 3 is 2.43 bits per heavy atom. The molecule has 0 saturated carbocycles. The number of carboxylic acid groups (broad SMARTS) is 1. The van der Waals surface area contributed by atoms with Crippen molar-refractivity contribution in [3.8, 4) is 0 Å². The zero-order valence-electron chi connectivity index (χ0n) is 8.49. The smallest absolute Gasteiger partial charge is 0.303 e. The molecule has 14 heavy (non-hydrogen) atoms. The third-order valence-corrected chi connectivity index (χ3v) is 1.87. The minimum absolute atomic E-state index is 0.0149. The van der Waals surface area contributed by atoms with Crippen LogP contribution in [0.3, 0.4) is 0 Å². The lowest BCUT2D eigenvalue weighted by Crippen LogP contribution is -2.53. The molecule has 0 radical (unpaired) electrons. The van der Waals surface area contributed by atoms with Gasteiger partial charge in [0.1, 0.15) is 6.29 Å². The molecule has 82 valence electrons. The third-order valence-electron chi connectivity index (χ3n) is 1.87. The molecular formula is C9H17NO4. The van der Waals surface area contributed by atoms with Crippen molar-refractivity contribution in [2.24, 2.45) is 0 Å². The van der Waals surface area contributed by atoms with Gasteiger partial charge in [-0.1, -0.05) is 0 Å². The molecule has 3 N–H and O–H groups in total. The van der Waals surface area contributed by atoms with E-state index in [-0.39, 0.29) is 25.5 Å². The highest BCUT2D eigenvalue weighted by Gasteiger charge is 2.29. The number of carboxylic acids is 1. The molecule has 0 aromatic rings. The standard InChI is InChI=1S/C9H17NO4/c1-7(2)10-9(5-11,6-12)4-3-8(13)14/h5,7,10,12H,3-4,6H2,1-2H3,(H,13,14). The molecule has 0 aliphatic carbocycles. The zero-order valence-corrected chi connectivity index (χ0v) is 8.49. The highest BCUT2D eigenvalue weighted by molar-refractivity contribution is 5.70. The minimum Gasteiger partial charge on any atom is -0.481 e. The summed E-state index contributed by atoms with van der Waals surface area (Å²) in [5, 5.41) is 20.4. The molecule has 5 heteroatoms. The van der Waals surface area contributed by atoms with Gasteiger partial charge in [0, 0.05) is 12.5 Å². The Hall–Kier alpha value is -0.940. The van der Waals surface area contributed by atoms with Crippen LogP contribution in [0.1, 0.15) is 26.7 Å². The molecule has 0 saturated heterocycles. The van der Waals surface area contributed by atoms with Crippen molar-refractivity contribution in [3.05, 3.63) is 0 Å². The van der Waals surface area contributed by atoms with Crippen LogP contribution in [0.15, 0.2) is 0 Å². The summed E-state index contributed by atoms with van der Waals surface area (Å²) in [5.74, 6) is -0.977. The summed E-state index contributed by atoms with van der Waals surface area (Å²) in [7, 11) is 0. The van der Waals surface area contributed by atoms with E-state index in [0.717, 1.165) is 0 Å². The van der Waals surface area contributed by atoms with Crippen molar-refractivity contribution in [3.63, 3.8) is 0 Å². The lowest BCUT2D eigenvalue weighted by molar-refractivity contribution is -0.137. The molecule has 0 heterocycles. The molecule has 1 unspecified atom stereocenters. The maximum absolute atomic E-state index is 10.8. The number of carbonyl (C=O) groups excluding carboxylic acids is 1. The van der Waals surface area contributed by atoms with Crippen LogP contribution >= 0.6 is 0 Å². The number of carbonyl (C=O) groups is 2. The highest BCUT2D eigenvalue weighted by Crippen LogP contribution is 2.10. The second-order valence-corrected chi connectivity index (χ2v) is 3.62. The summed E-state index contributed by atoms with van der Waals surface area (Å²) in [6.07, 6.45) is 0.537. The molecule has 0 rings (SSSR count). The maximum atomic E-state index is 10.8. The first-order valence-electron chi connectivity index (χ1n) is 4.52. The first kappa shape index (κ1) is 13.1. The summed E-state index contributed by atoms with van der Waals surface area (Å²) < 4.78 is 0. The van der Waals surface area contributed by atoms with Gasteiger partial charge in [-0.05, 0) is 20.3 Å². The van der Waals surface area contributed by atoms with Crippen LogP contribution in [0.25, 0.3) is 0 Å². The summed E-state index contributed by atoms with van der Waals surface area (Å²) in [4.78, 5) is 21.1. The Morgan fingerprint density at radius 1 is 1.57 bits per heavy atom. The van der Waals surface area contributed by atoms with Gasteiger partial charge in [-0.25, -0.2) is 0 Å². The molecule has 0 aromatic heterocycles. The van der Waals surface area contributed by atoms with Gasteiger partial charge in [0.2, 0.25) is 0 Å². The molecule has 0 aromatic carbocycles. The topological polar surface area (TPSA) is 86.6 Å². The minimum atomic E-state index is -1.12. The van der Waals surface area contributed by atoms with Gasteiger partial charge in [0.25, 0.3) is 0 Å². The third kappa shape index (κ3) is 4.34. The summed E-state index contributed by atoms with van der Waals surface area (Å²) in [5.41, 5.74) is -1.12. The molecule has 0 bridgehead atoms. The van der Waals surface area contributed by atoms with E-state index in [2.05, 4.69) is 5.32 Å². The Labute approximate surface area is 83.1 Å². The summed E-state index contributed by atoms with van der Waals surface area (Å²) in [6, 6.07) is 0.0149. The predicted octanol–water partition coefficient (Wildman–Crippen LogP) is -0.221. The normalized spacial score (nSPS) is 15.1. The number of aliphatic hydroxyl groups excluding tert-OH is 1. The zero-order chi connectivity index (χ0) is 11.2. The van der Waals surface area contributed by atoms with Crippen LogP contribution in [0.5, 0.6) is 0 Å². The fourth-order valence-corrected chi connectivity index (χ4v) is 1.23. The second-order valence-electron chi connectivity index (χ2n) is 3.62. The van der Waals surface area contributed by atoms with Crippen molar-refractivity contribution in [2.45, 2.75) is 38.3 Å². The Morgan fingerprint density at radius 2 is 2.14 bits per heavy atom. The highest BCUT2D eigenvalue weighted by atomic mass is 16.4. The first-order valence-corrected chi connectivity index (χ1v) is 4.52. The number of aliphatic hydroxyl groups is 1. The molecular weight excluding hydrogens is 186 g/mol. The van der Waals surface area contributed by atoms with Crippen molar-refractivity contribution in [2.75, 3.05) is 6.61 Å². The van der Waals surface area contributed by atoms with Crippen molar-refractivity contribution in [1.29, 1.82) is 0 Å². The number of nitrogens with one attached hydrogen (secondary N) is 1. The van der Waals surface area contributed by atoms with Gasteiger partial charge in [-0.15, -0.1) is 0 Å². The Bertz CT molecular complexity index is 205. The van der Waals surface area contributed by atoms with Gasteiger partial charge in [-0.2, -0.15) is 0 Å². The van der Waals surface area contributed by atoms with E-state index in [1.807, 2.05) is 13.8 Å². The van der Waals surface area contributed by atoms with E-state index in [9.17, 15) is 9.59 Å². The van der Waals surface area contributed by atoms with Crippen molar-refractivity contribution in [1.82, 2.24) is 5.32 Å². The first-order chi connectivity index (χ1) is 6.45. The van der Waals surface area contributed by atoms with Gasteiger partial charge >= 0.3 is 5.97 Å². The van der Waals surface area contributed by atoms with Crippen molar-refractivity contribution >= 4 is 12.3 Å². The predicted molar refractivity (Wildman–Crippen MR) is 51.0 cm³/mol. The Balaban J connectivity index is 4.36. The largest absolute Gasteiger partial charge is 0.481 e. The monoisotopic (exact) mass is 203 g/mol.